The topological polar surface area (TPSA) is 43.4 Å². The predicted octanol–water partition coefficient (Wildman–Crippen LogP) is 7.92. The van der Waals surface area contributed by atoms with Crippen molar-refractivity contribution in [2.45, 2.75) is 125 Å². The number of rotatable bonds is 6. The second-order valence-electron chi connectivity index (χ2n) is 14.8. The Morgan fingerprint density at radius 3 is 2.20 bits per heavy atom. The van der Waals surface area contributed by atoms with Crippen molar-refractivity contribution in [3.63, 3.8) is 0 Å². The average Bonchev–Trinajstić information content (AvgIpc) is 3.36. The van der Waals surface area contributed by atoms with Crippen LogP contribution in [-0.2, 0) is 14.3 Å². The first-order chi connectivity index (χ1) is 16.3. The molecule has 5 aliphatic carbocycles. The van der Waals surface area contributed by atoms with E-state index in [4.69, 9.17) is 4.74 Å². The Morgan fingerprint density at radius 1 is 0.886 bits per heavy atom. The van der Waals surface area contributed by atoms with Gasteiger partial charge in [0.25, 0.3) is 0 Å². The maximum absolute atomic E-state index is 12.3. The van der Waals surface area contributed by atoms with Crippen LogP contribution in [0, 0.1) is 50.7 Å². The van der Waals surface area contributed by atoms with Gasteiger partial charge in [-0.25, -0.2) is 0 Å². The summed E-state index contributed by atoms with van der Waals surface area (Å²) in [4.78, 5) is 24.1. The lowest BCUT2D eigenvalue weighted by molar-refractivity contribution is -0.181. The van der Waals surface area contributed by atoms with E-state index >= 15 is 0 Å². The molecule has 5 fully saturated rings. The summed E-state index contributed by atoms with van der Waals surface area (Å²) in [6.45, 7) is 19.8. The fourth-order valence-corrected chi connectivity index (χ4v) is 11.5. The molecule has 0 aromatic rings. The minimum Gasteiger partial charge on any atom is -0.462 e. The van der Waals surface area contributed by atoms with Crippen molar-refractivity contribution in [3.8, 4) is 0 Å². The molecule has 5 rings (SSSR count). The van der Waals surface area contributed by atoms with Crippen LogP contribution in [0.4, 0.5) is 0 Å². The van der Waals surface area contributed by atoms with E-state index in [0.29, 0.717) is 45.5 Å². The van der Waals surface area contributed by atoms with Crippen molar-refractivity contribution in [2.75, 3.05) is 0 Å². The highest BCUT2D eigenvalue weighted by Crippen LogP contribution is 2.89. The molecule has 3 nitrogen and oxygen atoms in total. The Bertz CT molecular complexity index is 933. The molecule has 5 unspecified atom stereocenters. The Labute approximate surface area is 214 Å². The molecular weight excluding hydrogens is 432 g/mol. The van der Waals surface area contributed by atoms with Crippen molar-refractivity contribution in [2.24, 2.45) is 50.7 Å². The van der Waals surface area contributed by atoms with E-state index in [0.717, 1.165) is 24.7 Å². The zero-order valence-electron chi connectivity index (χ0n) is 23.6. The summed E-state index contributed by atoms with van der Waals surface area (Å²) in [6, 6.07) is 0. The molecule has 9 atom stereocenters. The number of carbonyl (C=O) groups is 2. The summed E-state index contributed by atoms with van der Waals surface area (Å²) in [5.41, 5.74) is 2.59. The monoisotopic (exact) mass is 482 g/mol. The van der Waals surface area contributed by atoms with Gasteiger partial charge in [-0.15, -0.1) is 0 Å². The van der Waals surface area contributed by atoms with Gasteiger partial charge in [-0.1, -0.05) is 41.2 Å². The summed E-state index contributed by atoms with van der Waals surface area (Å²) in [6.07, 6.45) is 13.6. The number of fused-ring (bicyclic) bond motifs is 2. The molecule has 0 aliphatic heterocycles. The molecule has 0 bridgehead atoms. The third-order valence-electron chi connectivity index (χ3n) is 13.4. The van der Waals surface area contributed by atoms with Crippen LogP contribution < -0.4 is 0 Å². The van der Waals surface area contributed by atoms with Crippen LogP contribution in [-0.4, -0.2) is 17.9 Å². The number of esters is 1. The second kappa shape index (κ2) is 7.94. The molecule has 0 N–H and O–H groups in total. The molecule has 5 aliphatic rings. The third kappa shape index (κ3) is 3.27. The zero-order chi connectivity index (χ0) is 25.6. The Hall–Kier alpha value is -1.12. The minimum atomic E-state index is -0.116. The quantitative estimate of drug-likeness (QED) is 0.285. The van der Waals surface area contributed by atoms with Gasteiger partial charge in [0.15, 0.2) is 5.78 Å². The summed E-state index contributed by atoms with van der Waals surface area (Å²) in [7, 11) is 0. The lowest BCUT2D eigenvalue weighted by Gasteiger charge is -2.63. The van der Waals surface area contributed by atoms with Gasteiger partial charge in [-0.2, -0.15) is 0 Å². The smallest absolute Gasteiger partial charge is 0.302 e. The van der Waals surface area contributed by atoms with Gasteiger partial charge in [0.2, 0.25) is 0 Å². The van der Waals surface area contributed by atoms with Crippen LogP contribution in [0.2, 0.25) is 0 Å². The van der Waals surface area contributed by atoms with Crippen LogP contribution in [0.3, 0.4) is 0 Å². The molecule has 5 saturated carbocycles. The molecule has 0 radical (unpaired) electrons. The summed E-state index contributed by atoms with van der Waals surface area (Å²) < 4.78 is 5.88. The molecule has 0 saturated heterocycles. The zero-order valence-corrected chi connectivity index (χ0v) is 23.6. The number of Topliss-reactive ketones (excluding diaryl/α,β-unsaturated/α-hetero) is 1. The van der Waals surface area contributed by atoms with E-state index in [9.17, 15) is 9.59 Å². The number of hydrogen-bond donors (Lipinski definition) is 0. The van der Waals surface area contributed by atoms with E-state index < -0.39 is 0 Å². The van der Waals surface area contributed by atoms with Crippen molar-refractivity contribution in [3.05, 3.63) is 12.2 Å². The molecule has 0 aromatic carbocycles. The highest BCUT2D eigenvalue weighted by molar-refractivity contribution is 5.94. The Kier molecular flexibility index (Phi) is 5.79. The highest BCUT2D eigenvalue weighted by Gasteiger charge is 2.82. The van der Waals surface area contributed by atoms with Crippen LogP contribution in [0.15, 0.2) is 12.2 Å². The predicted molar refractivity (Wildman–Crippen MR) is 141 cm³/mol. The summed E-state index contributed by atoms with van der Waals surface area (Å²) in [5, 5.41) is 0. The van der Waals surface area contributed by atoms with Gasteiger partial charge in [0.1, 0.15) is 6.10 Å². The summed E-state index contributed by atoms with van der Waals surface area (Å²) >= 11 is 0. The molecule has 0 aromatic heterocycles. The Balaban J connectivity index is 1.37. The summed E-state index contributed by atoms with van der Waals surface area (Å²) in [5.74, 6) is 2.97. The molecular formula is C32H50O3. The lowest BCUT2D eigenvalue weighted by atomic mass is 9.41. The highest BCUT2D eigenvalue weighted by atomic mass is 16.5. The van der Waals surface area contributed by atoms with Gasteiger partial charge < -0.3 is 4.74 Å². The fraction of sp³-hybridized carbons (Fsp3) is 0.875. The molecule has 0 heterocycles. The maximum atomic E-state index is 12.3. The average molecular weight is 483 g/mol. The van der Waals surface area contributed by atoms with Gasteiger partial charge in [-0.05, 0) is 122 Å². The number of ketones is 1. The van der Waals surface area contributed by atoms with Crippen molar-refractivity contribution in [1.82, 2.24) is 0 Å². The lowest BCUT2D eigenvalue weighted by Crippen LogP contribution is -2.58. The van der Waals surface area contributed by atoms with Crippen molar-refractivity contribution >= 4 is 11.8 Å². The van der Waals surface area contributed by atoms with Gasteiger partial charge in [-0.3, -0.25) is 9.59 Å². The standard InChI is InChI=1S/C32H50O3/c1-20(2)24(34)10-9-21(3)23-13-15-30(8)26-12-11-25-28(5,6)27(35-22(4)33)14-16-31(25)19-32(26,31)18-17-29(23,30)7/h21,23,25-27H,1,9-19H2,2-8H3/t21?,23-,25?,26?,27+,29-,30+,31?,32?/m1/s1. The Morgan fingerprint density at radius 2 is 1.54 bits per heavy atom. The minimum absolute atomic E-state index is 0.0720. The molecule has 0 amide bonds. The second-order valence-corrected chi connectivity index (χ2v) is 14.8. The van der Waals surface area contributed by atoms with Gasteiger partial charge >= 0.3 is 5.97 Å². The first-order valence-corrected chi connectivity index (χ1v) is 14.6. The van der Waals surface area contributed by atoms with Crippen LogP contribution in [0.1, 0.15) is 119 Å². The van der Waals surface area contributed by atoms with E-state index in [1.54, 1.807) is 6.92 Å². The number of allylic oxidation sites excluding steroid dienone is 1. The molecule has 196 valence electrons. The third-order valence-corrected chi connectivity index (χ3v) is 13.4. The first-order valence-electron chi connectivity index (χ1n) is 14.6. The SMILES string of the molecule is C=C(C)C(=O)CCC(C)[C@H]1CC[C@@]2(C)C3CCC4C(C)(C)[C@@H](OC(C)=O)CCC45CC35CC[C@]12C. The van der Waals surface area contributed by atoms with Crippen LogP contribution in [0.5, 0.6) is 0 Å². The number of carbonyl (C=O) groups excluding carboxylic acids is 2. The van der Waals surface area contributed by atoms with Gasteiger partial charge in [0, 0.05) is 18.8 Å². The van der Waals surface area contributed by atoms with Crippen LogP contribution >= 0.6 is 0 Å². The first kappa shape index (κ1) is 25.5. The normalized spacial score (nSPS) is 48.0. The molecule has 2 spiro atoms. The van der Waals surface area contributed by atoms with E-state index in [1.165, 1.54) is 51.4 Å². The molecule has 35 heavy (non-hydrogen) atoms. The van der Waals surface area contributed by atoms with Crippen molar-refractivity contribution < 1.29 is 14.3 Å². The number of ether oxygens (including phenoxy) is 1. The fourth-order valence-electron chi connectivity index (χ4n) is 11.5. The molecule has 3 heteroatoms. The number of hydrogen-bond acceptors (Lipinski definition) is 3. The largest absolute Gasteiger partial charge is 0.462 e. The van der Waals surface area contributed by atoms with E-state index in [-0.39, 0.29) is 23.3 Å². The maximum Gasteiger partial charge on any atom is 0.302 e. The van der Waals surface area contributed by atoms with E-state index in [2.05, 4.69) is 41.2 Å². The van der Waals surface area contributed by atoms with E-state index in [1.807, 2.05) is 6.92 Å². The van der Waals surface area contributed by atoms with Crippen LogP contribution in [0.25, 0.3) is 0 Å². The van der Waals surface area contributed by atoms with Crippen molar-refractivity contribution in [1.29, 1.82) is 0 Å². The van der Waals surface area contributed by atoms with Gasteiger partial charge in [0.05, 0.1) is 0 Å².